The van der Waals surface area contributed by atoms with Crippen molar-refractivity contribution in [1.82, 2.24) is 14.8 Å². The van der Waals surface area contributed by atoms with Gasteiger partial charge >= 0.3 is 12.4 Å². The fourth-order valence-electron chi connectivity index (χ4n) is 3.60. The molecule has 182 valence electrons. The van der Waals surface area contributed by atoms with Gasteiger partial charge in [0.25, 0.3) is 5.91 Å². The number of nitrogens with one attached hydrogen (secondary N) is 1. The topological polar surface area (TPSA) is 103 Å². The molecule has 1 aliphatic carbocycles. The lowest BCUT2D eigenvalue weighted by Gasteiger charge is -2.16. The number of rotatable bonds is 5. The number of amides is 2. The molecule has 0 saturated heterocycles. The van der Waals surface area contributed by atoms with Crippen molar-refractivity contribution in [3.05, 3.63) is 39.7 Å². The Morgan fingerprint density at radius 3 is 2.29 bits per heavy atom. The highest BCUT2D eigenvalue weighted by atomic mass is 32.1. The Labute approximate surface area is 191 Å². The van der Waals surface area contributed by atoms with Crippen molar-refractivity contribution in [2.75, 3.05) is 5.32 Å². The molecule has 1 aliphatic rings. The lowest BCUT2D eigenvalue weighted by molar-refractivity contribution is -0.142. The minimum atomic E-state index is -4.73. The summed E-state index contributed by atoms with van der Waals surface area (Å²) < 4.78 is 80.0. The largest absolute Gasteiger partial charge is 0.435 e. The zero-order chi connectivity index (χ0) is 25.2. The third kappa shape index (κ3) is 4.33. The second-order valence-corrected chi connectivity index (χ2v) is 9.01. The number of anilines is 1. The molecular weight excluding hydrogens is 488 g/mol. The zero-order valence-corrected chi connectivity index (χ0v) is 18.5. The number of alkyl halides is 6. The van der Waals surface area contributed by atoms with Crippen molar-refractivity contribution in [3.8, 4) is 0 Å². The minimum absolute atomic E-state index is 0.0844. The van der Waals surface area contributed by atoms with Crippen molar-refractivity contribution in [2.45, 2.75) is 51.0 Å². The van der Waals surface area contributed by atoms with Crippen LogP contribution in [0.1, 0.15) is 64.0 Å². The van der Waals surface area contributed by atoms with Crippen LogP contribution in [-0.4, -0.2) is 26.6 Å². The summed E-state index contributed by atoms with van der Waals surface area (Å²) in [6.45, 7) is 2.68. The quantitative estimate of drug-likeness (QED) is 0.476. The summed E-state index contributed by atoms with van der Waals surface area (Å²) >= 11 is 0.580. The molecule has 1 atom stereocenters. The number of carbonyl (C=O) groups is 2. The Morgan fingerprint density at radius 2 is 1.76 bits per heavy atom. The number of aromatic nitrogens is 3. The van der Waals surface area contributed by atoms with Gasteiger partial charge in [0.05, 0.1) is 5.69 Å². The molecule has 14 heteroatoms. The van der Waals surface area contributed by atoms with Crippen LogP contribution in [0.25, 0.3) is 10.2 Å². The van der Waals surface area contributed by atoms with Gasteiger partial charge in [-0.1, -0.05) is 0 Å². The number of pyridine rings is 1. The van der Waals surface area contributed by atoms with Gasteiger partial charge in [-0.3, -0.25) is 14.3 Å². The average molecular weight is 505 g/mol. The molecular formula is C20H17F6N5O2S. The number of nitrogens with two attached hydrogens (primary N) is 1. The van der Waals surface area contributed by atoms with E-state index in [0.717, 1.165) is 16.8 Å². The van der Waals surface area contributed by atoms with Gasteiger partial charge in [-0.25, -0.2) is 4.98 Å². The molecule has 3 aromatic rings. The van der Waals surface area contributed by atoms with Crippen LogP contribution in [0.5, 0.6) is 0 Å². The van der Waals surface area contributed by atoms with E-state index in [-0.39, 0.29) is 38.0 Å². The molecule has 0 radical (unpaired) electrons. The SMILES string of the molecule is Cc1cc(C(F)(F)F)nc2sc(C(N)=O)c(NC(=O)C(C)n3nc(C(F)(F)F)cc3C3CC3)c12. The molecule has 1 unspecified atom stereocenters. The maximum Gasteiger partial charge on any atom is 0.435 e. The standard InChI is InChI=1S/C20H17F6N5O2S/c1-7-5-11(19(21,22)23)28-18-13(7)14(15(34-18)16(27)32)29-17(33)8(2)31-10(9-3-4-9)6-12(30-31)20(24,25)26/h5-6,8-9H,3-4H2,1-2H3,(H2,27,32)(H,29,33). The van der Waals surface area contributed by atoms with Crippen LogP contribution < -0.4 is 11.1 Å². The van der Waals surface area contributed by atoms with E-state index in [4.69, 9.17) is 5.73 Å². The van der Waals surface area contributed by atoms with E-state index in [9.17, 15) is 35.9 Å². The number of primary amides is 1. The molecule has 0 bridgehead atoms. The van der Waals surface area contributed by atoms with Crippen LogP contribution in [0.4, 0.5) is 32.0 Å². The van der Waals surface area contributed by atoms with Gasteiger partial charge in [0.15, 0.2) is 5.69 Å². The number of thiophene rings is 1. The number of aryl methyl sites for hydroxylation is 1. The Morgan fingerprint density at radius 1 is 1.15 bits per heavy atom. The molecule has 1 fully saturated rings. The van der Waals surface area contributed by atoms with Crippen LogP contribution in [0, 0.1) is 6.92 Å². The zero-order valence-electron chi connectivity index (χ0n) is 17.6. The maximum absolute atomic E-state index is 13.2. The highest BCUT2D eigenvalue weighted by Crippen LogP contribution is 2.44. The molecule has 3 N–H and O–H groups in total. The van der Waals surface area contributed by atoms with Crippen molar-refractivity contribution in [1.29, 1.82) is 0 Å². The molecule has 0 spiro atoms. The van der Waals surface area contributed by atoms with Crippen LogP contribution >= 0.6 is 11.3 Å². The lowest BCUT2D eigenvalue weighted by Crippen LogP contribution is -2.27. The first-order valence-electron chi connectivity index (χ1n) is 9.97. The highest BCUT2D eigenvalue weighted by molar-refractivity contribution is 7.21. The summed E-state index contributed by atoms with van der Waals surface area (Å²) in [5.41, 5.74) is 3.26. The molecule has 3 heterocycles. The first-order chi connectivity index (χ1) is 15.7. The highest BCUT2D eigenvalue weighted by Gasteiger charge is 2.39. The van der Waals surface area contributed by atoms with E-state index in [0.29, 0.717) is 24.2 Å². The van der Waals surface area contributed by atoms with E-state index in [1.165, 1.54) is 13.8 Å². The molecule has 7 nitrogen and oxygen atoms in total. The van der Waals surface area contributed by atoms with E-state index in [1.807, 2.05) is 0 Å². The third-order valence-corrected chi connectivity index (χ3v) is 6.52. The number of carbonyl (C=O) groups excluding carboxylic acids is 2. The van der Waals surface area contributed by atoms with E-state index >= 15 is 0 Å². The molecule has 2 amide bonds. The van der Waals surface area contributed by atoms with Crippen LogP contribution in [0.3, 0.4) is 0 Å². The van der Waals surface area contributed by atoms with Gasteiger partial charge in [0.2, 0.25) is 5.91 Å². The summed E-state index contributed by atoms with van der Waals surface area (Å²) in [6.07, 6.45) is -8.12. The van der Waals surface area contributed by atoms with Crippen molar-refractivity contribution < 1.29 is 35.9 Å². The summed E-state index contributed by atoms with van der Waals surface area (Å²) in [4.78, 5) is 28.1. The second-order valence-electron chi connectivity index (χ2n) is 8.01. The van der Waals surface area contributed by atoms with Crippen molar-refractivity contribution in [3.63, 3.8) is 0 Å². The van der Waals surface area contributed by atoms with Crippen LogP contribution in [0.15, 0.2) is 12.1 Å². The molecule has 4 rings (SSSR count). The van der Waals surface area contributed by atoms with Crippen LogP contribution in [0.2, 0.25) is 0 Å². The Hall–Kier alpha value is -3.16. The number of hydrogen-bond donors (Lipinski definition) is 2. The monoisotopic (exact) mass is 505 g/mol. The lowest BCUT2D eigenvalue weighted by atomic mass is 10.1. The third-order valence-electron chi connectivity index (χ3n) is 5.42. The summed E-state index contributed by atoms with van der Waals surface area (Å²) in [5, 5.41) is 6.12. The van der Waals surface area contributed by atoms with Crippen molar-refractivity contribution >= 4 is 39.1 Å². The minimum Gasteiger partial charge on any atom is -0.365 e. The Kier molecular flexibility index (Phi) is 5.61. The normalized spacial score (nSPS) is 15.5. The number of fused-ring (bicyclic) bond motifs is 1. The van der Waals surface area contributed by atoms with Crippen molar-refractivity contribution in [2.24, 2.45) is 5.73 Å². The molecule has 34 heavy (non-hydrogen) atoms. The molecule has 0 aromatic carbocycles. The number of hydrogen-bond acceptors (Lipinski definition) is 5. The van der Waals surface area contributed by atoms with Gasteiger partial charge in [0, 0.05) is 17.0 Å². The Bertz CT molecular complexity index is 1310. The predicted octanol–water partition coefficient (Wildman–Crippen LogP) is 5.01. The molecule has 0 aliphatic heterocycles. The number of halogens is 6. The molecule has 1 saturated carbocycles. The van der Waals surface area contributed by atoms with Gasteiger partial charge in [-0.05, 0) is 44.4 Å². The van der Waals surface area contributed by atoms with Crippen LogP contribution in [-0.2, 0) is 17.1 Å². The smallest absolute Gasteiger partial charge is 0.365 e. The average Bonchev–Trinajstić information content (AvgIpc) is 3.33. The summed E-state index contributed by atoms with van der Waals surface area (Å²) in [6, 6.07) is 0.459. The number of nitrogens with zero attached hydrogens (tertiary/aromatic N) is 3. The van der Waals surface area contributed by atoms with Gasteiger partial charge in [0.1, 0.15) is 21.4 Å². The van der Waals surface area contributed by atoms with Gasteiger partial charge < -0.3 is 11.1 Å². The first-order valence-corrected chi connectivity index (χ1v) is 10.8. The molecule has 3 aromatic heterocycles. The van der Waals surface area contributed by atoms with E-state index in [2.05, 4.69) is 15.4 Å². The van der Waals surface area contributed by atoms with E-state index < -0.39 is 41.6 Å². The predicted molar refractivity (Wildman–Crippen MR) is 110 cm³/mol. The first kappa shape index (κ1) is 24.0. The summed E-state index contributed by atoms with van der Waals surface area (Å²) in [5.74, 6) is -1.98. The summed E-state index contributed by atoms with van der Waals surface area (Å²) in [7, 11) is 0. The maximum atomic E-state index is 13.2. The Balaban J connectivity index is 1.74. The second kappa shape index (κ2) is 7.96. The van der Waals surface area contributed by atoms with Gasteiger partial charge in [-0.2, -0.15) is 31.4 Å². The fourth-order valence-corrected chi connectivity index (χ4v) is 4.66. The fraction of sp³-hybridized carbons (Fsp3) is 0.400. The van der Waals surface area contributed by atoms with Gasteiger partial charge in [-0.15, -0.1) is 11.3 Å². The van der Waals surface area contributed by atoms with E-state index in [1.54, 1.807) is 0 Å².